The van der Waals surface area contributed by atoms with Gasteiger partial charge >= 0.3 is 6.18 Å². The molecule has 0 spiro atoms. The highest BCUT2D eigenvalue weighted by Gasteiger charge is 2.30. The fourth-order valence-electron chi connectivity index (χ4n) is 3.48. The van der Waals surface area contributed by atoms with Crippen molar-refractivity contribution in [2.75, 3.05) is 36.5 Å². The number of nitrogens with zero attached hydrogens (tertiary/aromatic N) is 3. The van der Waals surface area contributed by atoms with Gasteiger partial charge < -0.3 is 15.0 Å². The number of amides is 1. The smallest absolute Gasteiger partial charge is 0.378 e. The summed E-state index contributed by atoms with van der Waals surface area (Å²) in [6.07, 6.45) is -3.00. The maximum Gasteiger partial charge on any atom is 0.416 e. The molecule has 6 nitrogen and oxygen atoms in total. The lowest BCUT2D eigenvalue weighted by Gasteiger charge is -2.27. The molecule has 0 saturated carbocycles. The lowest BCUT2D eigenvalue weighted by atomic mass is 10.0. The van der Waals surface area contributed by atoms with Gasteiger partial charge in [0.15, 0.2) is 0 Å². The Morgan fingerprint density at radius 1 is 1.06 bits per heavy atom. The van der Waals surface area contributed by atoms with Gasteiger partial charge in [-0.25, -0.2) is 9.97 Å². The molecule has 2 heterocycles. The molecule has 166 valence electrons. The molecule has 1 N–H and O–H groups in total. The van der Waals surface area contributed by atoms with Gasteiger partial charge in [-0.1, -0.05) is 12.1 Å². The maximum atomic E-state index is 12.9. The van der Waals surface area contributed by atoms with Gasteiger partial charge in [0.25, 0.3) is 5.91 Å². The van der Waals surface area contributed by atoms with Gasteiger partial charge in [0.1, 0.15) is 12.1 Å². The van der Waals surface area contributed by atoms with E-state index in [0.717, 1.165) is 42.2 Å². The molecule has 0 aliphatic carbocycles. The topological polar surface area (TPSA) is 67.4 Å². The molecule has 1 aliphatic rings. The van der Waals surface area contributed by atoms with E-state index >= 15 is 0 Å². The Kier molecular flexibility index (Phi) is 6.09. The SMILES string of the molecule is Cc1ccc(C(=O)Nc2cccc(C(F)(F)F)c2)cc1-c1cc(N2CCOCC2)ncn1. The van der Waals surface area contributed by atoms with Crippen LogP contribution in [0.5, 0.6) is 0 Å². The van der Waals surface area contributed by atoms with E-state index in [0.29, 0.717) is 24.5 Å². The normalized spacial score (nSPS) is 14.3. The Morgan fingerprint density at radius 2 is 1.84 bits per heavy atom. The fraction of sp³-hybridized carbons (Fsp3) is 0.261. The number of rotatable bonds is 4. The van der Waals surface area contributed by atoms with E-state index in [2.05, 4.69) is 20.2 Å². The molecule has 0 atom stereocenters. The number of ether oxygens (including phenoxy) is 1. The van der Waals surface area contributed by atoms with Gasteiger partial charge in [0.05, 0.1) is 24.5 Å². The number of alkyl halides is 3. The van der Waals surface area contributed by atoms with Crippen LogP contribution in [0.1, 0.15) is 21.5 Å². The zero-order valence-electron chi connectivity index (χ0n) is 17.3. The quantitative estimate of drug-likeness (QED) is 0.642. The number of aryl methyl sites for hydroxylation is 1. The summed E-state index contributed by atoms with van der Waals surface area (Å²) in [7, 11) is 0. The van der Waals surface area contributed by atoms with Crippen LogP contribution in [0.4, 0.5) is 24.7 Å². The monoisotopic (exact) mass is 442 g/mol. The fourth-order valence-corrected chi connectivity index (χ4v) is 3.48. The average Bonchev–Trinajstić information content (AvgIpc) is 2.79. The second kappa shape index (κ2) is 8.96. The second-order valence-corrected chi connectivity index (χ2v) is 7.42. The third-order valence-corrected chi connectivity index (χ3v) is 5.21. The molecule has 1 aromatic heterocycles. The van der Waals surface area contributed by atoms with Crippen molar-refractivity contribution >= 4 is 17.4 Å². The number of anilines is 2. The van der Waals surface area contributed by atoms with E-state index in [1.54, 1.807) is 18.2 Å². The van der Waals surface area contributed by atoms with Gasteiger partial charge in [-0.05, 0) is 42.8 Å². The van der Waals surface area contributed by atoms with Crippen molar-refractivity contribution in [1.29, 1.82) is 0 Å². The third kappa shape index (κ3) is 4.88. The van der Waals surface area contributed by atoms with Gasteiger partial charge in [-0.3, -0.25) is 4.79 Å². The van der Waals surface area contributed by atoms with Crippen LogP contribution in [0.3, 0.4) is 0 Å². The zero-order valence-corrected chi connectivity index (χ0v) is 17.3. The largest absolute Gasteiger partial charge is 0.416 e. The Bertz CT molecular complexity index is 1130. The highest BCUT2D eigenvalue weighted by atomic mass is 19.4. The average molecular weight is 442 g/mol. The first-order chi connectivity index (χ1) is 15.3. The van der Waals surface area contributed by atoms with Crippen molar-refractivity contribution in [2.45, 2.75) is 13.1 Å². The van der Waals surface area contributed by atoms with Crippen molar-refractivity contribution in [3.8, 4) is 11.3 Å². The van der Waals surface area contributed by atoms with Gasteiger partial charge in [-0.15, -0.1) is 0 Å². The van der Waals surface area contributed by atoms with Gasteiger partial charge in [0, 0.05) is 36.0 Å². The lowest BCUT2D eigenvalue weighted by Crippen LogP contribution is -2.36. The molecule has 0 bridgehead atoms. The van der Waals surface area contributed by atoms with E-state index in [-0.39, 0.29) is 5.69 Å². The summed E-state index contributed by atoms with van der Waals surface area (Å²) in [6, 6.07) is 11.5. The summed E-state index contributed by atoms with van der Waals surface area (Å²) < 4.78 is 44.2. The van der Waals surface area contributed by atoms with Crippen LogP contribution in [-0.2, 0) is 10.9 Å². The highest BCUT2D eigenvalue weighted by Crippen LogP contribution is 2.31. The summed E-state index contributed by atoms with van der Waals surface area (Å²) in [4.78, 5) is 23.6. The lowest BCUT2D eigenvalue weighted by molar-refractivity contribution is -0.137. The molecular weight excluding hydrogens is 421 g/mol. The molecule has 1 fully saturated rings. The third-order valence-electron chi connectivity index (χ3n) is 5.21. The van der Waals surface area contributed by atoms with Crippen molar-refractivity contribution < 1.29 is 22.7 Å². The van der Waals surface area contributed by atoms with Crippen LogP contribution < -0.4 is 10.2 Å². The number of aromatic nitrogens is 2. The summed E-state index contributed by atoms with van der Waals surface area (Å²) in [6.45, 7) is 4.62. The number of morpholine rings is 1. The first-order valence-electron chi connectivity index (χ1n) is 10.1. The first kappa shape index (κ1) is 21.8. The van der Waals surface area contributed by atoms with E-state index in [4.69, 9.17) is 4.74 Å². The van der Waals surface area contributed by atoms with Crippen LogP contribution in [0.25, 0.3) is 11.3 Å². The molecule has 1 saturated heterocycles. The highest BCUT2D eigenvalue weighted by molar-refractivity contribution is 6.05. The predicted molar refractivity (Wildman–Crippen MR) is 115 cm³/mol. The minimum absolute atomic E-state index is 0.0728. The molecule has 1 amide bonds. The number of halogens is 3. The summed E-state index contributed by atoms with van der Waals surface area (Å²) >= 11 is 0. The van der Waals surface area contributed by atoms with E-state index in [1.165, 1.54) is 18.5 Å². The molecule has 3 aromatic rings. The number of carbonyl (C=O) groups is 1. The molecule has 32 heavy (non-hydrogen) atoms. The second-order valence-electron chi connectivity index (χ2n) is 7.42. The van der Waals surface area contributed by atoms with Crippen LogP contribution in [0.2, 0.25) is 0 Å². The summed E-state index contributed by atoms with van der Waals surface area (Å²) in [5, 5.41) is 2.54. The standard InChI is InChI=1S/C23H21F3N4O2/c1-15-5-6-16(22(31)29-18-4-2-3-17(12-18)23(24,25)26)11-19(15)20-13-21(28-14-27-20)30-7-9-32-10-8-30/h2-6,11-14H,7-10H2,1H3,(H,29,31). The molecule has 2 aromatic carbocycles. The maximum absolute atomic E-state index is 12.9. The molecule has 4 rings (SSSR count). The minimum atomic E-state index is -4.48. The van der Waals surface area contributed by atoms with Gasteiger partial charge in [-0.2, -0.15) is 13.2 Å². The summed E-state index contributed by atoms with van der Waals surface area (Å²) in [5.41, 5.74) is 1.88. The van der Waals surface area contributed by atoms with Crippen LogP contribution in [-0.4, -0.2) is 42.2 Å². The molecule has 0 radical (unpaired) electrons. The number of nitrogens with one attached hydrogen (secondary N) is 1. The number of benzene rings is 2. The Hall–Kier alpha value is -3.46. The molecule has 0 unspecified atom stereocenters. The van der Waals surface area contributed by atoms with Crippen LogP contribution in [0, 0.1) is 6.92 Å². The van der Waals surface area contributed by atoms with Gasteiger partial charge in [0.2, 0.25) is 0 Å². The van der Waals surface area contributed by atoms with E-state index < -0.39 is 17.6 Å². The number of hydrogen-bond acceptors (Lipinski definition) is 5. The van der Waals surface area contributed by atoms with E-state index in [1.807, 2.05) is 13.0 Å². The Labute approximate surface area is 183 Å². The van der Waals surface area contributed by atoms with Crippen molar-refractivity contribution in [3.63, 3.8) is 0 Å². The van der Waals surface area contributed by atoms with Crippen LogP contribution in [0.15, 0.2) is 54.9 Å². The summed E-state index contributed by atoms with van der Waals surface area (Å²) in [5.74, 6) is 0.268. The van der Waals surface area contributed by atoms with E-state index in [9.17, 15) is 18.0 Å². The first-order valence-corrected chi connectivity index (χ1v) is 10.1. The Morgan fingerprint density at radius 3 is 2.59 bits per heavy atom. The minimum Gasteiger partial charge on any atom is -0.378 e. The molecular formula is C23H21F3N4O2. The predicted octanol–water partition coefficient (Wildman–Crippen LogP) is 4.56. The number of hydrogen-bond donors (Lipinski definition) is 1. The molecule has 9 heteroatoms. The van der Waals surface area contributed by atoms with Crippen LogP contribution >= 0.6 is 0 Å². The number of carbonyl (C=O) groups excluding carboxylic acids is 1. The Balaban J connectivity index is 1.59. The van der Waals surface area contributed by atoms with Crippen molar-refractivity contribution in [2.24, 2.45) is 0 Å². The van der Waals surface area contributed by atoms with Crippen molar-refractivity contribution in [1.82, 2.24) is 9.97 Å². The van der Waals surface area contributed by atoms with Crippen molar-refractivity contribution in [3.05, 3.63) is 71.5 Å². The zero-order chi connectivity index (χ0) is 22.7. The molecule has 1 aliphatic heterocycles.